The summed E-state index contributed by atoms with van der Waals surface area (Å²) in [7, 11) is -4.08. The van der Waals surface area contributed by atoms with Crippen LogP contribution in [0.3, 0.4) is 0 Å². The van der Waals surface area contributed by atoms with Crippen LogP contribution in [0.15, 0.2) is 30.6 Å². The summed E-state index contributed by atoms with van der Waals surface area (Å²) in [5.41, 5.74) is 9.49. The minimum atomic E-state index is -2.08. The lowest BCUT2D eigenvalue weighted by molar-refractivity contribution is -0.0383. The maximum Gasteiger partial charge on any atom is 0.222 e. The van der Waals surface area contributed by atoms with Gasteiger partial charge in [-0.2, -0.15) is 4.98 Å². The molecule has 2 N–H and O–H groups in total. The maximum absolute atomic E-state index is 11.8. The van der Waals surface area contributed by atoms with E-state index in [0.717, 1.165) is 5.56 Å². The molecule has 0 spiro atoms. The number of nitrogens with zero attached hydrogens (tertiary/aromatic N) is 4. The standard InChI is InChI=1S/C30H47N5O4Si2/c1-19(36)20-12-14-21(15-13-20)25-26-27(34-28(31)33-25)35(18-32-26)24-16-22(39-41(10,11)30(5,6)7)23(38-24)17-37-40(8,9)29(2,3)4/h12-15,18,22-24H,16-17H2,1-11H3,(H2,31,33,34)/t22-,23+,24+/m0/s1. The summed E-state index contributed by atoms with van der Waals surface area (Å²) in [4.78, 5) is 25.5. The van der Waals surface area contributed by atoms with Gasteiger partial charge in [-0.25, -0.2) is 9.97 Å². The smallest absolute Gasteiger partial charge is 0.222 e. The number of aromatic nitrogens is 4. The fourth-order valence-corrected chi connectivity index (χ4v) is 6.79. The third-order valence-corrected chi connectivity index (χ3v) is 18.2. The zero-order chi connectivity index (χ0) is 30.5. The van der Waals surface area contributed by atoms with E-state index in [4.69, 9.17) is 24.3 Å². The van der Waals surface area contributed by atoms with Crippen LogP contribution in [0.5, 0.6) is 0 Å². The predicted octanol–water partition coefficient (Wildman–Crippen LogP) is 6.98. The number of ketones is 1. The first-order valence-electron chi connectivity index (χ1n) is 14.4. The summed E-state index contributed by atoms with van der Waals surface area (Å²) in [6.45, 7) is 24.6. The largest absolute Gasteiger partial charge is 0.414 e. The number of fused-ring (bicyclic) bond motifs is 1. The van der Waals surface area contributed by atoms with Crippen molar-refractivity contribution in [3.63, 3.8) is 0 Å². The Morgan fingerprint density at radius 2 is 1.63 bits per heavy atom. The van der Waals surface area contributed by atoms with Crippen molar-refractivity contribution in [1.82, 2.24) is 19.5 Å². The Labute approximate surface area is 246 Å². The van der Waals surface area contributed by atoms with Crippen molar-refractivity contribution in [2.45, 2.75) is 110 Å². The van der Waals surface area contributed by atoms with Gasteiger partial charge in [-0.15, -0.1) is 0 Å². The Bertz CT molecular complexity index is 1410. The topological polar surface area (TPSA) is 114 Å². The first kappa shape index (κ1) is 31.5. The van der Waals surface area contributed by atoms with E-state index in [9.17, 15) is 4.79 Å². The summed E-state index contributed by atoms with van der Waals surface area (Å²) >= 11 is 0. The number of Topliss-reactive ketones (excluding diaryl/α,β-unsaturated/α-hetero) is 1. The third kappa shape index (κ3) is 6.49. The number of nitrogen functional groups attached to an aromatic ring is 1. The van der Waals surface area contributed by atoms with Gasteiger partial charge >= 0.3 is 0 Å². The lowest BCUT2D eigenvalue weighted by Crippen LogP contribution is -2.48. The zero-order valence-electron chi connectivity index (χ0n) is 26.5. The number of carbonyl (C=O) groups is 1. The molecule has 3 atom stereocenters. The molecule has 0 saturated carbocycles. The molecule has 224 valence electrons. The van der Waals surface area contributed by atoms with Gasteiger partial charge in [0, 0.05) is 17.5 Å². The molecule has 0 unspecified atom stereocenters. The number of ether oxygens (including phenoxy) is 1. The van der Waals surface area contributed by atoms with Crippen molar-refractivity contribution in [2.75, 3.05) is 12.3 Å². The van der Waals surface area contributed by atoms with Crippen molar-refractivity contribution in [3.05, 3.63) is 36.2 Å². The van der Waals surface area contributed by atoms with E-state index in [-0.39, 0.29) is 40.2 Å². The number of imidazole rings is 1. The van der Waals surface area contributed by atoms with Crippen LogP contribution in [0, 0.1) is 0 Å². The van der Waals surface area contributed by atoms with Crippen LogP contribution in [-0.2, 0) is 13.6 Å². The van der Waals surface area contributed by atoms with E-state index in [1.165, 1.54) is 0 Å². The van der Waals surface area contributed by atoms with Crippen LogP contribution in [-0.4, -0.2) is 60.8 Å². The fraction of sp³-hybridized carbons (Fsp3) is 0.600. The Hall–Kier alpha value is -2.45. The average molecular weight is 598 g/mol. The molecule has 1 saturated heterocycles. The maximum atomic E-state index is 11.8. The van der Waals surface area contributed by atoms with E-state index in [0.29, 0.717) is 35.4 Å². The molecule has 1 fully saturated rings. The molecule has 3 heterocycles. The molecule has 9 nitrogen and oxygen atoms in total. The summed E-state index contributed by atoms with van der Waals surface area (Å²) in [6, 6.07) is 7.30. The van der Waals surface area contributed by atoms with Crippen molar-refractivity contribution in [2.24, 2.45) is 0 Å². The number of carbonyl (C=O) groups excluding carboxylic acids is 1. The molecule has 4 rings (SSSR count). The molecular weight excluding hydrogens is 551 g/mol. The van der Waals surface area contributed by atoms with Crippen LogP contribution in [0.4, 0.5) is 5.95 Å². The molecule has 11 heteroatoms. The quantitative estimate of drug-likeness (QED) is 0.219. The summed E-state index contributed by atoms with van der Waals surface area (Å²) in [6.07, 6.45) is 1.71. The van der Waals surface area contributed by atoms with E-state index in [2.05, 4.69) is 77.7 Å². The van der Waals surface area contributed by atoms with Gasteiger partial charge in [0.1, 0.15) is 23.5 Å². The Morgan fingerprint density at radius 3 is 2.20 bits per heavy atom. The fourth-order valence-electron chi connectivity index (χ4n) is 4.42. The Morgan fingerprint density at radius 1 is 1.02 bits per heavy atom. The van der Waals surface area contributed by atoms with Crippen LogP contribution in [0.2, 0.25) is 36.3 Å². The highest BCUT2D eigenvalue weighted by Gasteiger charge is 2.47. The molecule has 0 radical (unpaired) electrons. The lowest BCUT2D eigenvalue weighted by atomic mass is 10.1. The van der Waals surface area contributed by atoms with Crippen LogP contribution in [0.1, 0.15) is 71.5 Å². The number of hydrogen-bond donors (Lipinski definition) is 1. The van der Waals surface area contributed by atoms with E-state index < -0.39 is 16.6 Å². The van der Waals surface area contributed by atoms with Crippen LogP contribution in [0.25, 0.3) is 22.4 Å². The van der Waals surface area contributed by atoms with Crippen LogP contribution < -0.4 is 5.73 Å². The summed E-state index contributed by atoms with van der Waals surface area (Å²) in [5, 5.41) is 0.154. The molecule has 1 aromatic carbocycles. The molecule has 41 heavy (non-hydrogen) atoms. The molecular formula is C30H47N5O4Si2. The summed E-state index contributed by atoms with van der Waals surface area (Å²) < 4.78 is 22.2. The lowest BCUT2D eigenvalue weighted by Gasteiger charge is -2.40. The van der Waals surface area contributed by atoms with Gasteiger partial charge in [0.25, 0.3) is 0 Å². The Balaban J connectivity index is 1.68. The second kappa shape index (κ2) is 11.0. The number of nitrogens with two attached hydrogens (primary N) is 1. The number of hydrogen-bond acceptors (Lipinski definition) is 8. The second-order valence-corrected chi connectivity index (χ2v) is 23.8. The second-order valence-electron chi connectivity index (χ2n) is 14.2. The molecule has 0 aliphatic carbocycles. The van der Waals surface area contributed by atoms with Crippen molar-refractivity contribution < 1.29 is 18.4 Å². The zero-order valence-corrected chi connectivity index (χ0v) is 28.5. The molecule has 1 aliphatic rings. The highest BCUT2D eigenvalue weighted by Crippen LogP contribution is 2.43. The molecule has 3 aromatic rings. The van der Waals surface area contributed by atoms with Gasteiger partial charge in [0.2, 0.25) is 5.95 Å². The molecule has 1 aliphatic heterocycles. The van der Waals surface area contributed by atoms with Gasteiger partial charge in [-0.05, 0) is 43.2 Å². The predicted molar refractivity (Wildman–Crippen MR) is 169 cm³/mol. The monoisotopic (exact) mass is 597 g/mol. The number of benzene rings is 1. The molecule has 0 bridgehead atoms. The van der Waals surface area contributed by atoms with Gasteiger partial charge in [-0.1, -0.05) is 65.8 Å². The number of rotatable bonds is 8. The van der Waals surface area contributed by atoms with Crippen molar-refractivity contribution in [1.29, 1.82) is 0 Å². The normalized spacial score (nSPS) is 20.6. The van der Waals surface area contributed by atoms with Gasteiger partial charge in [0.05, 0.1) is 19.0 Å². The van der Waals surface area contributed by atoms with Gasteiger partial charge in [0.15, 0.2) is 28.1 Å². The minimum absolute atomic E-state index is 0.00752. The van der Waals surface area contributed by atoms with Crippen molar-refractivity contribution in [3.8, 4) is 11.3 Å². The van der Waals surface area contributed by atoms with E-state index >= 15 is 0 Å². The first-order chi connectivity index (χ1) is 18.8. The highest BCUT2D eigenvalue weighted by molar-refractivity contribution is 6.74. The SMILES string of the molecule is CC(=O)c1ccc(-c2nc(N)nc3c2ncn3[C@H]2C[C@H](O[Si](C)(C)C(C)(C)C)[C@@H](CO[Si](C)(C)C(C)(C)C)O2)cc1. The minimum Gasteiger partial charge on any atom is -0.414 e. The van der Waals surface area contributed by atoms with Gasteiger partial charge < -0.3 is 19.3 Å². The molecule has 2 aromatic heterocycles. The third-order valence-electron chi connectivity index (χ3n) is 9.16. The van der Waals surface area contributed by atoms with Crippen molar-refractivity contribution >= 4 is 39.5 Å². The van der Waals surface area contributed by atoms with Crippen LogP contribution >= 0.6 is 0 Å². The molecule has 0 amide bonds. The number of anilines is 1. The Kier molecular flexibility index (Phi) is 8.44. The summed E-state index contributed by atoms with van der Waals surface area (Å²) in [5.74, 6) is 0.155. The highest BCUT2D eigenvalue weighted by atomic mass is 28.4. The first-order valence-corrected chi connectivity index (χ1v) is 20.2. The van der Waals surface area contributed by atoms with E-state index in [1.807, 2.05) is 16.7 Å². The average Bonchev–Trinajstić information content (AvgIpc) is 3.44. The van der Waals surface area contributed by atoms with Gasteiger partial charge in [-0.3, -0.25) is 9.36 Å². The van der Waals surface area contributed by atoms with E-state index in [1.54, 1.807) is 25.4 Å².